The van der Waals surface area contributed by atoms with Gasteiger partial charge >= 0.3 is 5.97 Å². The second-order valence-corrected chi connectivity index (χ2v) is 8.19. The van der Waals surface area contributed by atoms with Crippen LogP contribution in [0.4, 0.5) is 0 Å². The zero-order chi connectivity index (χ0) is 19.1. The Morgan fingerprint density at radius 2 is 1.74 bits per heavy atom. The number of carboxylic acids is 1. The molecule has 2 saturated heterocycles. The number of hydrogen-bond acceptors (Lipinski definition) is 3. The fourth-order valence-corrected chi connectivity index (χ4v) is 4.48. The lowest BCUT2D eigenvalue weighted by atomic mass is 9.90. The summed E-state index contributed by atoms with van der Waals surface area (Å²) in [6.07, 6.45) is 6.40. The van der Waals surface area contributed by atoms with Crippen molar-refractivity contribution in [3.8, 4) is 0 Å². The zero-order valence-electron chi connectivity index (χ0n) is 16.2. The van der Waals surface area contributed by atoms with Gasteiger partial charge in [-0.1, -0.05) is 30.3 Å². The van der Waals surface area contributed by atoms with Crippen LogP contribution in [-0.4, -0.2) is 59.5 Å². The van der Waals surface area contributed by atoms with Crippen LogP contribution in [0.15, 0.2) is 30.3 Å². The maximum absolute atomic E-state index is 12.7. The molecule has 1 unspecified atom stereocenters. The van der Waals surface area contributed by atoms with E-state index in [0.29, 0.717) is 18.4 Å². The SMILES string of the molecule is O=C(O)CCC1CCCN(CC(=O)N2CCC(Cc3ccccc3)CC2)C1. The molecule has 0 bridgehead atoms. The van der Waals surface area contributed by atoms with Gasteiger partial charge in [0, 0.05) is 26.1 Å². The van der Waals surface area contributed by atoms with E-state index >= 15 is 0 Å². The lowest BCUT2D eigenvalue weighted by Gasteiger charge is -2.36. The van der Waals surface area contributed by atoms with Crippen molar-refractivity contribution in [3.05, 3.63) is 35.9 Å². The van der Waals surface area contributed by atoms with Gasteiger partial charge in [-0.15, -0.1) is 0 Å². The number of carbonyl (C=O) groups is 2. The molecule has 2 aliphatic heterocycles. The van der Waals surface area contributed by atoms with Crippen LogP contribution >= 0.6 is 0 Å². The molecule has 1 aromatic rings. The van der Waals surface area contributed by atoms with Gasteiger partial charge < -0.3 is 10.0 Å². The van der Waals surface area contributed by atoms with Crippen LogP contribution in [0.1, 0.15) is 44.1 Å². The minimum absolute atomic E-state index is 0.237. The Balaban J connectivity index is 1.39. The number of nitrogens with zero attached hydrogens (tertiary/aromatic N) is 2. The Morgan fingerprint density at radius 3 is 2.44 bits per heavy atom. The van der Waals surface area contributed by atoms with Crippen molar-refractivity contribution in [1.29, 1.82) is 0 Å². The molecule has 1 N–H and O–H groups in total. The fourth-order valence-electron chi connectivity index (χ4n) is 4.48. The van der Waals surface area contributed by atoms with Gasteiger partial charge in [-0.05, 0) is 62.5 Å². The van der Waals surface area contributed by atoms with E-state index in [1.54, 1.807) is 0 Å². The number of aliphatic carboxylic acids is 1. The van der Waals surface area contributed by atoms with Gasteiger partial charge in [-0.25, -0.2) is 0 Å². The monoisotopic (exact) mass is 372 g/mol. The highest BCUT2D eigenvalue weighted by molar-refractivity contribution is 5.78. The number of carboxylic acid groups (broad SMARTS) is 1. The topological polar surface area (TPSA) is 60.9 Å². The Labute approximate surface area is 162 Å². The van der Waals surface area contributed by atoms with Crippen molar-refractivity contribution in [2.45, 2.75) is 44.9 Å². The molecule has 5 nitrogen and oxygen atoms in total. The second-order valence-electron chi connectivity index (χ2n) is 8.19. The molecule has 0 aliphatic carbocycles. The van der Waals surface area contributed by atoms with Gasteiger partial charge in [0.05, 0.1) is 6.54 Å². The molecule has 2 fully saturated rings. The van der Waals surface area contributed by atoms with Crippen LogP contribution in [0, 0.1) is 11.8 Å². The Kier molecular flexibility index (Phi) is 7.27. The highest BCUT2D eigenvalue weighted by atomic mass is 16.4. The first-order chi connectivity index (χ1) is 13.1. The van der Waals surface area contributed by atoms with Gasteiger partial charge in [-0.3, -0.25) is 14.5 Å². The predicted molar refractivity (Wildman–Crippen MR) is 105 cm³/mol. The Morgan fingerprint density at radius 1 is 1.00 bits per heavy atom. The van der Waals surface area contributed by atoms with Crippen molar-refractivity contribution < 1.29 is 14.7 Å². The van der Waals surface area contributed by atoms with Crippen LogP contribution in [0.5, 0.6) is 0 Å². The fraction of sp³-hybridized carbons (Fsp3) is 0.636. The molecule has 3 rings (SSSR count). The van der Waals surface area contributed by atoms with Crippen LogP contribution in [-0.2, 0) is 16.0 Å². The highest BCUT2D eigenvalue weighted by Gasteiger charge is 2.26. The first kappa shape index (κ1) is 19.9. The summed E-state index contributed by atoms with van der Waals surface area (Å²) in [5, 5.41) is 8.87. The molecule has 1 atom stereocenters. The van der Waals surface area contributed by atoms with E-state index in [2.05, 4.69) is 35.2 Å². The van der Waals surface area contributed by atoms with Crippen LogP contribution in [0.3, 0.4) is 0 Å². The minimum atomic E-state index is -0.721. The molecule has 2 heterocycles. The average Bonchev–Trinajstić information content (AvgIpc) is 2.68. The van der Waals surface area contributed by atoms with E-state index in [9.17, 15) is 9.59 Å². The maximum atomic E-state index is 12.7. The Hall–Kier alpha value is -1.88. The summed E-state index contributed by atoms with van der Waals surface area (Å²) < 4.78 is 0. The molecule has 1 aromatic carbocycles. The van der Waals surface area contributed by atoms with Gasteiger partial charge in [-0.2, -0.15) is 0 Å². The summed E-state index contributed by atoms with van der Waals surface area (Å²) in [6, 6.07) is 10.6. The second kappa shape index (κ2) is 9.88. The van der Waals surface area contributed by atoms with Crippen molar-refractivity contribution >= 4 is 11.9 Å². The highest BCUT2D eigenvalue weighted by Crippen LogP contribution is 2.23. The van der Waals surface area contributed by atoms with Gasteiger partial charge in [0.1, 0.15) is 0 Å². The largest absolute Gasteiger partial charge is 0.481 e. The van der Waals surface area contributed by atoms with E-state index in [1.165, 1.54) is 5.56 Å². The van der Waals surface area contributed by atoms with Crippen molar-refractivity contribution in [2.75, 3.05) is 32.7 Å². The molecular formula is C22H32N2O3. The standard InChI is InChI=1S/C22H32N2O3/c25-21(17-23-12-4-7-20(16-23)8-9-22(26)27)24-13-10-19(11-14-24)15-18-5-2-1-3-6-18/h1-3,5-6,19-20H,4,7-17H2,(H,26,27). The van der Waals surface area contributed by atoms with Crippen molar-refractivity contribution in [1.82, 2.24) is 9.80 Å². The number of amides is 1. The van der Waals surface area contributed by atoms with Gasteiger partial charge in [0.15, 0.2) is 0 Å². The molecule has 1 amide bonds. The molecule has 148 valence electrons. The number of carbonyl (C=O) groups excluding carboxylic acids is 1. The third-order valence-corrected chi connectivity index (χ3v) is 6.06. The lowest BCUT2D eigenvalue weighted by molar-refractivity contribution is -0.138. The summed E-state index contributed by atoms with van der Waals surface area (Å²) >= 11 is 0. The normalized spacial score (nSPS) is 21.9. The van der Waals surface area contributed by atoms with Crippen molar-refractivity contribution in [3.63, 3.8) is 0 Å². The molecule has 0 radical (unpaired) electrons. The molecule has 2 aliphatic rings. The van der Waals surface area contributed by atoms with E-state index in [4.69, 9.17) is 5.11 Å². The van der Waals surface area contributed by atoms with E-state index in [-0.39, 0.29) is 12.3 Å². The molecular weight excluding hydrogens is 340 g/mol. The summed E-state index contributed by atoms with van der Waals surface area (Å²) in [4.78, 5) is 27.7. The molecule has 0 spiro atoms. The summed E-state index contributed by atoms with van der Waals surface area (Å²) in [7, 11) is 0. The van der Waals surface area contributed by atoms with E-state index in [1.807, 2.05) is 4.90 Å². The molecule has 0 aromatic heterocycles. The third kappa shape index (κ3) is 6.35. The first-order valence-corrected chi connectivity index (χ1v) is 10.4. The number of rotatable bonds is 7. The maximum Gasteiger partial charge on any atom is 0.303 e. The summed E-state index contributed by atoms with van der Waals surface area (Å²) in [5.74, 6) is 0.611. The molecule has 0 saturated carbocycles. The number of benzene rings is 1. The van der Waals surface area contributed by atoms with E-state index in [0.717, 1.165) is 64.7 Å². The summed E-state index contributed by atoms with van der Waals surface area (Å²) in [5.41, 5.74) is 1.39. The number of piperidine rings is 2. The smallest absolute Gasteiger partial charge is 0.303 e. The average molecular weight is 373 g/mol. The predicted octanol–water partition coefficient (Wildman–Crippen LogP) is 3.04. The van der Waals surface area contributed by atoms with Crippen LogP contribution in [0.25, 0.3) is 0 Å². The zero-order valence-corrected chi connectivity index (χ0v) is 16.2. The molecule has 5 heteroatoms. The van der Waals surface area contributed by atoms with Gasteiger partial charge in [0.25, 0.3) is 0 Å². The van der Waals surface area contributed by atoms with Crippen LogP contribution < -0.4 is 0 Å². The minimum Gasteiger partial charge on any atom is -0.481 e. The first-order valence-electron chi connectivity index (χ1n) is 10.4. The number of hydrogen-bond donors (Lipinski definition) is 1. The van der Waals surface area contributed by atoms with Crippen molar-refractivity contribution in [2.24, 2.45) is 11.8 Å². The lowest BCUT2D eigenvalue weighted by Crippen LogP contribution is -2.46. The quantitative estimate of drug-likeness (QED) is 0.799. The third-order valence-electron chi connectivity index (χ3n) is 6.06. The van der Waals surface area contributed by atoms with E-state index < -0.39 is 5.97 Å². The summed E-state index contributed by atoms with van der Waals surface area (Å²) in [6.45, 7) is 4.05. The van der Waals surface area contributed by atoms with Gasteiger partial charge in [0.2, 0.25) is 5.91 Å². The molecule has 27 heavy (non-hydrogen) atoms. The number of likely N-dealkylation sites (tertiary alicyclic amines) is 2. The van der Waals surface area contributed by atoms with Crippen LogP contribution in [0.2, 0.25) is 0 Å². The Bertz CT molecular complexity index is 611.